The molecule has 9 heteroatoms. The number of nitrogens with one attached hydrogen (secondary N) is 1. The van der Waals surface area contributed by atoms with Crippen molar-refractivity contribution in [2.75, 3.05) is 7.11 Å². The minimum atomic E-state index is -1.71. The van der Waals surface area contributed by atoms with Crippen molar-refractivity contribution in [1.82, 2.24) is 4.98 Å². The molecule has 4 N–H and O–H groups in total. The fourth-order valence-electron chi connectivity index (χ4n) is 6.23. The summed E-state index contributed by atoms with van der Waals surface area (Å²) in [5.74, 6) is -2.02. The lowest BCUT2D eigenvalue weighted by molar-refractivity contribution is -0.143. The van der Waals surface area contributed by atoms with E-state index >= 15 is 0 Å². The molecule has 8 bridgehead atoms. The van der Waals surface area contributed by atoms with Crippen LogP contribution in [0.2, 0.25) is 0 Å². The van der Waals surface area contributed by atoms with Crippen LogP contribution in [0.1, 0.15) is 31.9 Å². The number of aromatic amines is 1. The van der Waals surface area contributed by atoms with Gasteiger partial charge < -0.3 is 25.0 Å². The van der Waals surface area contributed by atoms with E-state index in [1.165, 1.54) is 13.2 Å². The van der Waals surface area contributed by atoms with Gasteiger partial charge in [-0.2, -0.15) is 0 Å². The number of hydrogen-bond acceptors (Lipinski definition) is 8. The van der Waals surface area contributed by atoms with Crippen molar-refractivity contribution in [2.24, 2.45) is 20.9 Å². The number of ether oxygens (including phenoxy) is 1. The highest BCUT2D eigenvalue weighted by molar-refractivity contribution is 6.28. The highest BCUT2D eigenvalue weighted by Crippen LogP contribution is 2.47. The van der Waals surface area contributed by atoms with Crippen LogP contribution in [0.15, 0.2) is 114 Å². The summed E-state index contributed by atoms with van der Waals surface area (Å²) >= 11 is 0. The molecule has 1 atom stereocenters. The third kappa shape index (κ3) is 4.24. The topological polar surface area (TPSA) is 140 Å². The number of carbonyl (C=O) groups is 1. The van der Waals surface area contributed by atoms with Crippen LogP contribution in [0.5, 0.6) is 0 Å². The molecule has 0 unspecified atom stereocenters. The first kappa shape index (κ1) is 29.0. The van der Waals surface area contributed by atoms with E-state index in [-0.39, 0.29) is 5.76 Å². The maximum absolute atomic E-state index is 13.2. The molecule has 5 aliphatic rings. The van der Waals surface area contributed by atoms with Crippen LogP contribution >= 0.6 is 0 Å². The number of nitrogens with zero attached hydrogens (tertiary/aromatic N) is 3. The van der Waals surface area contributed by atoms with E-state index in [0.29, 0.717) is 50.8 Å². The van der Waals surface area contributed by atoms with Crippen molar-refractivity contribution in [3.05, 3.63) is 121 Å². The summed E-state index contributed by atoms with van der Waals surface area (Å²) in [6, 6.07) is 0. The van der Waals surface area contributed by atoms with Crippen LogP contribution in [0.3, 0.4) is 0 Å². The fraction of sp³-hybridized carbons (Fsp3) is 0.200. The zero-order chi connectivity index (χ0) is 31.6. The van der Waals surface area contributed by atoms with Crippen molar-refractivity contribution in [2.45, 2.75) is 34.0 Å². The van der Waals surface area contributed by atoms with E-state index in [2.05, 4.69) is 18.1 Å². The Balaban J connectivity index is 1.77. The molecule has 4 aliphatic heterocycles. The van der Waals surface area contributed by atoms with Gasteiger partial charge in [0.2, 0.25) is 0 Å². The SMILES string of the molecule is C=CC1=C(C)C2=NC1=CC1=C(C)C3=C(O)[C@H](C(=O)OC)C(=C4N=C(C=c5[nH]c(c(C=C)c5C)=C2)C(C)=C4/C=C/C(O)O)C3=N1. The van der Waals surface area contributed by atoms with E-state index in [0.717, 1.165) is 44.3 Å². The van der Waals surface area contributed by atoms with Crippen LogP contribution in [0.25, 0.3) is 18.2 Å². The summed E-state index contributed by atoms with van der Waals surface area (Å²) in [6.45, 7) is 15.7. The third-order valence-corrected chi connectivity index (χ3v) is 8.62. The van der Waals surface area contributed by atoms with Gasteiger partial charge in [0, 0.05) is 38.6 Å². The Labute approximate surface area is 254 Å². The summed E-state index contributed by atoms with van der Waals surface area (Å²) < 4.78 is 5.13. The number of hydrogen-bond donors (Lipinski definition) is 4. The molecule has 222 valence electrons. The van der Waals surface area contributed by atoms with Gasteiger partial charge in [0.15, 0.2) is 6.29 Å². The minimum Gasteiger partial charge on any atom is -0.510 e. The lowest BCUT2D eigenvalue weighted by Crippen LogP contribution is -2.20. The Kier molecular flexibility index (Phi) is 6.95. The molecule has 0 saturated carbocycles. The molecule has 1 aromatic rings. The number of esters is 1. The van der Waals surface area contributed by atoms with Crippen molar-refractivity contribution in [3.8, 4) is 0 Å². The number of rotatable bonds is 5. The second kappa shape index (κ2) is 10.6. The van der Waals surface area contributed by atoms with Gasteiger partial charge in [0.05, 0.1) is 41.3 Å². The normalized spacial score (nSPS) is 20.9. The number of aromatic nitrogens is 1. The van der Waals surface area contributed by atoms with Crippen molar-refractivity contribution in [1.29, 1.82) is 0 Å². The standard InChI is InChI=1S/C35H32N4O5/c1-8-19-15(3)22-12-24-17(5)21(10-11-28(40)41)32(38-24)30-31(35(43)44-7)34(42)29-18(6)25(39-33(29)30)14-27-20(9-2)16(4)23(37-27)13-26(19)36-22/h8-14,28,31,36,40-42H,1-2H2,3-7H3/b11-10+,22-12?,26-13?,27-14?,32-30?/t31-/m1/s1. The number of H-pyrrole nitrogens is 1. The van der Waals surface area contributed by atoms with E-state index in [9.17, 15) is 20.1 Å². The maximum atomic E-state index is 13.2. The minimum absolute atomic E-state index is 0.180. The van der Waals surface area contributed by atoms with Crippen molar-refractivity contribution in [3.63, 3.8) is 0 Å². The molecule has 6 rings (SSSR count). The van der Waals surface area contributed by atoms with Crippen LogP contribution in [0.4, 0.5) is 0 Å². The van der Waals surface area contributed by atoms with Crippen LogP contribution in [0, 0.1) is 12.8 Å². The Hall–Kier alpha value is -5.12. The largest absolute Gasteiger partial charge is 0.510 e. The first-order chi connectivity index (χ1) is 21.0. The smallest absolute Gasteiger partial charge is 0.321 e. The predicted octanol–water partition coefficient (Wildman–Crippen LogP) is 3.62. The summed E-state index contributed by atoms with van der Waals surface area (Å²) in [7, 11) is 1.26. The fourth-order valence-corrected chi connectivity index (χ4v) is 6.23. The molecule has 0 saturated heterocycles. The Morgan fingerprint density at radius 2 is 1.64 bits per heavy atom. The van der Waals surface area contributed by atoms with Crippen LogP contribution in [-0.2, 0) is 9.53 Å². The number of aliphatic hydroxyl groups excluding tert-OH is 2. The van der Waals surface area contributed by atoms with Gasteiger partial charge in [-0.05, 0) is 74.3 Å². The first-order valence-electron chi connectivity index (χ1n) is 14.1. The van der Waals surface area contributed by atoms with Gasteiger partial charge in [-0.3, -0.25) is 4.79 Å². The molecule has 0 aromatic carbocycles. The van der Waals surface area contributed by atoms with E-state index < -0.39 is 18.2 Å². The molecule has 0 amide bonds. The summed E-state index contributed by atoms with van der Waals surface area (Å²) in [5.41, 5.74) is 9.80. The van der Waals surface area contributed by atoms with Gasteiger partial charge in [0.1, 0.15) is 11.7 Å². The average Bonchev–Trinajstić information content (AvgIpc) is 3.72. The maximum Gasteiger partial charge on any atom is 0.321 e. The zero-order valence-corrected chi connectivity index (χ0v) is 25.1. The third-order valence-electron chi connectivity index (χ3n) is 8.62. The molecular weight excluding hydrogens is 556 g/mol. The van der Waals surface area contributed by atoms with E-state index in [4.69, 9.17) is 19.7 Å². The molecule has 5 heterocycles. The van der Waals surface area contributed by atoms with E-state index in [1.807, 2.05) is 45.9 Å². The first-order valence-corrected chi connectivity index (χ1v) is 14.1. The number of aliphatic hydroxyl groups is 3. The van der Waals surface area contributed by atoms with Gasteiger partial charge in [-0.1, -0.05) is 31.4 Å². The summed E-state index contributed by atoms with van der Waals surface area (Å²) in [4.78, 5) is 31.6. The monoisotopic (exact) mass is 588 g/mol. The van der Waals surface area contributed by atoms with Crippen molar-refractivity contribution >= 4 is 41.3 Å². The number of carbonyl (C=O) groups excluding carboxylic acids is 1. The van der Waals surface area contributed by atoms with Crippen LogP contribution in [-0.4, -0.2) is 56.8 Å². The highest BCUT2D eigenvalue weighted by atomic mass is 16.5. The molecule has 44 heavy (non-hydrogen) atoms. The molecular formula is C35H32N4O5. The molecule has 0 radical (unpaired) electrons. The lowest BCUT2D eigenvalue weighted by Gasteiger charge is -2.14. The second-order valence-corrected chi connectivity index (χ2v) is 11.0. The highest BCUT2D eigenvalue weighted by Gasteiger charge is 2.47. The predicted molar refractivity (Wildman–Crippen MR) is 172 cm³/mol. The number of methoxy groups -OCH3 is 1. The quantitative estimate of drug-likeness (QED) is 0.307. The lowest BCUT2D eigenvalue weighted by atomic mass is 9.93. The van der Waals surface area contributed by atoms with E-state index in [1.54, 1.807) is 18.2 Å². The van der Waals surface area contributed by atoms with Gasteiger partial charge in [-0.25, -0.2) is 15.0 Å². The van der Waals surface area contributed by atoms with Gasteiger partial charge in [-0.15, -0.1) is 0 Å². The molecule has 9 nitrogen and oxygen atoms in total. The Bertz CT molecular complexity index is 2060. The number of aliphatic imine (C=N–C) groups is 3. The molecule has 0 fully saturated rings. The van der Waals surface area contributed by atoms with Gasteiger partial charge >= 0.3 is 5.97 Å². The summed E-state index contributed by atoms with van der Waals surface area (Å²) in [5, 5.41) is 32.5. The average molecular weight is 589 g/mol. The number of allylic oxidation sites excluding steroid dienone is 7. The number of fused-ring (bicyclic) bond motifs is 5. The van der Waals surface area contributed by atoms with Gasteiger partial charge in [0.25, 0.3) is 0 Å². The molecule has 1 aliphatic carbocycles. The van der Waals surface area contributed by atoms with Crippen molar-refractivity contribution < 1.29 is 24.9 Å². The molecule has 0 spiro atoms. The summed E-state index contributed by atoms with van der Waals surface area (Å²) in [6.07, 6.45) is 10.4. The Morgan fingerprint density at radius 3 is 2.30 bits per heavy atom. The second-order valence-electron chi connectivity index (χ2n) is 11.0. The molecule has 1 aromatic heterocycles. The Morgan fingerprint density at radius 1 is 0.955 bits per heavy atom. The zero-order valence-electron chi connectivity index (χ0n) is 25.1. The van der Waals surface area contributed by atoms with Crippen LogP contribution < -0.4 is 10.7 Å².